The molecule has 2 heterocycles. The van der Waals surface area contributed by atoms with Gasteiger partial charge in [-0.1, -0.05) is 0 Å². The fourth-order valence-electron chi connectivity index (χ4n) is 2.39. The van der Waals surface area contributed by atoms with E-state index in [1.54, 1.807) is 9.58 Å². The summed E-state index contributed by atoms with van der Waals surface area (Å²) in [5.74, 6) is -0.174. The fourth-order valence-corrected chi connectivity index (χ4v) is 2.39. The Morgan fingerprint density at radius 2 is 2.35 bits per heavy atom. The molecule has 0 spiro atoms. The van der Waals surface area contributed by atoms with Gasteiger partial charge in [-0.05, 0) is 13.8 Å². The van der Waals surface area contributed by atoms with Gasteiger partial charge in [0.15, 0.2) is 0 Å². The summed E-state index contributed by atoms with van der Waals surface area (Å²) in [6.07, 6.45) is 1.90. The lowest BCUT2D eigenvalue weighted by Crippen LogP contribution is -2.51. The van der Waals surface area contributed by atoms with Crippen LogP contribution in [0.1, 0.15) is 24.2 Å². The largest absolute Gasteiger partial charge is 0.348 e. The van der Waals surface area contributed by atoms with Gasteiger partial charge in [0.25, 0.3) is 0 Å². The Kier molecular flexibility index (Phi) is 4.39. The highest BCUT2D eigenvalue weighted by Gasteiger charge is 2.21. The highest BCUT2D eigenvalue weighted by Crippen LogP contribution is 2.15. The predicted octanol–water partition coefficient (Wildman–Crippen LogP) is -0.662. The van der Waals surface area contributed by atoms with Gasteiger partial charge in [0, 0.05) is 31.9 Å². The molecule has 1 aliphatic rings. The molecule has 1 aromatic heterocycles. The van der Waals surface area contributed by atoms with Crippen molar-refractivity contribution in [1.29, 1.82) is 0 Å². The van der Waals surface area contributed by atoms with Gasteiger partial charge in [-0.3, -0.25) is 14.3 Å². The molecule has 0 aromatic carbocycles. The van der Waals surface area contributed by atoms with Crippen LogP contribution < -0.4 is 10.6 Å². The van der Waals surface area contributed by atoms with Gasteiger partial charge in [-0.25, -0.2) is 0 Å². The molecule has 0 unspecified atom stereocenters. The van der Waals surface area contributed by atoms with Crippen molar-refractivity contribution in [3.63, 3.8) is 0 Å². The third kappa shape index (κ3) is 3.36. The molecule has 0 bridgehead atoms. The molecule has 1 saturated heterocycles. The molecule has 1 aliphatic heterocycles. The molecule has 110 valence electrons. The van der Waals surface area contributed by atoms with Crippen molar-refractivity contribution in [2.75, 3.05) is 26.2 Å². The Morgan fingerprint density at radius 1 is 1.60 bits per heavy atom. The number of nitrogens with one attached hydrogen (secondary N) is 2. The van der Waals surface area contributed by atoms with Gasteiger partial charge in [0.2, 0.25) is 11.8 Å². The average molecular weight is 279 g/mol. The van der Waals surface area contributed by atoms with Crippen molar-refractivity contribution in [3.05, 3.63) is 17.5 Å². The summed E-state index contributed by atoms with van der Waals surface area (Å²) in [6.45, 7) is 5.57. The van der Waals surface area contributed by atoms with E-state index in [2.05, 4.69) is 15.7 Å². The van der Waals surface area contributed by atoms with Crippen molar-refractivity contribution in [2.24, 2.45) is 7.05 Å². The lowest BCUT2D eigenvalue weighted by molar-refractivity contribution is -0.136. The van der Waals surface area contributed by atoms with Gasteiger partial charge in [0.1, 0.15) is 0 Å². The van der Waals surface area contributed by atoms with Crippen LogP contribution in [0.25, 0.3) is 0 Å². The van der Waals surface area contributed by atoms with E-state index in [4.69, 9.17) is 0 Å². The number of carbonyl (C=O) groups is 2. The Labute approximate surface area is 118 Å². The number of amides is 2. The second-order valence-corrected chi connectivity index (χ2v) is 5.12. The van der Waals surface area contributed by atoms with Crippen molar-refractivity contribution in [3.8, 4) is 0 Å². The van der Waals surface area contributed by atoms with Crippen LogP contribution in [0, 0.1) is 6.92 Å². The van der Waals surface area contributed by atoms with Gasteiger partial charge >= 0.3 is 0 Å². The SMILES string of the molecule is Cc1nn(C)cc1[C@H](C)NC(=O)CN1CCNCC1=O. The first-order valence-corrected chi connectivity index (χ1v) is 6.75. The summed E-state index contributed by atoms with van der Waals surface area (Å²) in [5, 5.41) is 10.2. The molecule has 1 aromatic rings. The molecule has 20 heavy (non-hydrogen) atoms. The van der Waals surface area contributed by atoms with Crippen LogP contribution in [-0.4, -0.2) is 52.7 Å². The smallest absolute Gasteiger partial charge is 0.240 e. The van der Waals surface area contributed by atoms with E-state index in [0.29, 0.717) is 13.1 Å². The van der Waals surface area contributed by atoms with Crippen LogP contribution in [0.2, 0.25) is 0 Å². The lowest BCUT2D eigenvalue weighted by Gasteiger charge is -2.27. The fraction of sp³-hybridized carbons (Fsp3) is 0.615. The first kappa shape index (κ1) is 14.5. The zero-order valence-corrected chi connectivity index (χ0v) is 12.1. The van der Waals surface area contributed by atoms with Crippen LogP contribution in [0.5, 0.6) is 0 Å². The number of aromatic nitrogens is 2. The molecule has 7 nitrogen and oxygen atoms in total. The molecule has 1 atom stereocenters. The number of hydrogen-bond acceptors (Lipinski definition) is 4. The number of aryl methyl sites for hydroxylation is 2. The third-order valence-electron chi connectivity index (χ3n) is 3.42. The van der Waals surface area contributed by atoms with Crippen LogP contribution in [0.3, 0.4) is 0 Å². The maximum absolute atomic E-state index is 12.0. The third-order valence-corrected chi connectivity index (χ3v) is 3.42. The minimum Gasteiger partial charge on any atom is -0.348 e. The first-order valence-electron chi connectivity index (χ1n) is 6.75. The summed E-state index contributed by atoms with van der Waals surface area (Å²) in [7, 11) is 1.85. The Bertz CT molecular complexity index is 511. The van der Waals surface area contributed by atoms with E-state index in [-0.39, 0.29) is 24.4 Å². The Hall–Kier alpha value is -1.89. The lowest BCUT2D eigenvalue weighted by atomic mass is 10.1. The average Bonchev–Trinajstić information content (AvgIpc) is 2.71. The minimum atomic E-state index is -0.143. The molecule has 0 saturated carbocycles. The van der Waals surface area contributed by atoms with Crippen LogP contribution >= 0.6 is 0 Å². The molecule has 0 radical (unpaired) electrons. The van der Waals surface area contributed by atoms with Crippen LogP contribution in [0.15, 0.2) is 6.20 Å². The quantitative estimate of drug-likeness (QED) is 0.767. The number of hydrogen-bond donors (Lipinski definition) is 2. The zero-order valence-electron chi connectivity index (χ0n) is 12.1. The molecule has 2 rings (SSSR count). The second kappa shape index (κ2) is 6.04. The normalized spacial score (nSPS) is 17.1. The summed E-state index contributed by atoms with van der Waals surface area (Å²) in [5.41, 5.74) is 1.89. The summed E-state index contributed by atoms with van der Waals surface area (Å²) in [6, 6.07) is -0.116. The molecular formula is C13H21N5O2. The highest BCUT2D eigenvalue weighted by atomic mass is 16.2. The van der Waals surface area contributed by atoms with E-state index < -0.39 is 0 Å². The number of piperazine rings is 1. The Balaban J connectivity index is 1.90. The summed E-state index contributed by atoms with van der Waals surface area (Å²) >= 11 is 0. The number of carbonyl (C=O) groups excluding carboxylic acids is 2. The molecular weight excluding hydrogens is 258 g/mol. The van der Waals surface area contributed by atoms with E-state index in [0.717, 1.165) is 17.8 Å². The van der Waals surface area contributed by atoms with Crippen molar-refractivity contribution in [1.82, 2.24) is 25.3 Å². The predicted molar refractivity (Wildman–Crippen MR) is 74.0 cm³/mol. The van der Waals surface area contributed by atoms with E-state index in [1.165, 1.54) is 0 Å². The monoisotopic (exact) mass is 279 g/mol. The van der Waals surface area contributed by atoms with Gasteiger partial charge in [0.05, 0.1) is 24.8 Å². The van der Waals surface area contributed by atoms with Gasteiger partial charge < -0.3 is 15.5 Å². The summed E-state index contributed by atoms with van der Waals surface area (Å²) in [4.78, 5) is 25.2. The minimum absolute atomic E-state index is 0.0309. The maximum Gasteiger partial charge on any atom is 0.240 e. The zero-order chi connectivity index (χ0) is 14.7. The number of nitrogens with zero attached hydrogens (tertiary/aromatic N) is 3. The van der Waals surface area contributed by atoms with E-state index in [1.807, 2.05) is 27.1 Å². The first-order chi connectivity index (χ1) is 9.47. The molecule has 0 aliphatic carbocycles. The standard InChI is InChI=1S/C13H21N5O2/c1-9(11-7-17(3)16-10(11)2)15-12(19)8-18-5-4-14-6-13(18)20/h7,9,14H,4-6,8H2,1-3H3,(H,15,19)/t9-/m0/s1. The van der Waals surface area contributed by atoms with Crippen LogP contribution in [-0.2, 0) is 16.6 Å². The van der Waals surface area contributed by atoms with E-state index >= 15 is 0 Å². The van der Waals surface area contributed by atoms with Crippen molar-refractivity contribution >= 4 is 11.8 Å². The van der Waals surface area contributed by atoms with Gasteiger partial charge in [-0.2, -0.15) is 5.10 Å². The van der Waals surface area contributed by atoms with Crippen molar-refractivity contribution < 1.29 is 9.59 Å². The second-order valence-electron chi connectivity index (χ2n) is 5.12. The highest BCUT2D eigenvalue weighted by molar-refractivity contribution is 5.86. The molecule has 2 N–H and O–H groups in total. The molecule has 1 fully saturated rings. The molecule has 7 heteroatoms. The van der Waals surface area contributed by atoms with E-state index in [9.17, 15) is 9.59 Å². The Morgan fingerprint density at radius 3 is 2.95 bits per heavy atom. The van der Waals surface area contributed by atoms with Crippen LogP contribution in [0.4, 0.5) is 0 Å². The molecule has 2 amide bonds. The summed E-state index contributed by atoms with van der Waals surface area (Å²) < 4.78 is 1.73. The van der Waals surface area contributed by atoms with Crippen molar-refractivity contribution in [2.45, 2.75) is 19.9 Å². The number of rotatable bonds is 4. The van der Waals surface area contributed by atoms with Gasteiger partial charge in [-0.15, -0.1) is 0 Å². The maximum atomic E-state index is 12.0. The topological polar surface area (TPSA) is 79.3 Å².